The number of halogens is 1. The zero-order valence-electron chi connectivity index (χ0n) is 18.5. The highest BCUT2D eigenvalue weighted by molar-refractivity contribution is 6.35. The predicted molar refractivity (Wildman–Crippen MR) is 126 cm³/mol. The number of hydrogen-bond donors (Lipinski definition) is 0. The Morgan fingerprint density at radius 1 is 1.13 bits per heavy atom. The predicted octanol–water partition coefficient (Wildman–Crippen LogP) is 4.46. The smallest absolute Gasteiger partial charge is 0.142 e. The number of para-hydroxylation sites is 1. The largest absolute Gasteiger partial charge is 0.374 e. The summed E-state index contributed by atoms with van der Waals surface area (Å²) in [7, 11) is 2.14. The Kier molecular flexibility index (Phi) is 5.63. The number of aromatic nitrogens is 3. The summed E-state index contributed by atoms with van der Waals surface area (Å²) in [6.45, 7) is 7.93. The van der Waals surface area contributed by atoms with Gasteiger partial charge >= 0.3 is 0 Å². The number of ether oxygens (including phenoxy) is 1. The van der Waals surface area contributed by atoms with E-state index in [9.17, 15) is 0 Å². The maximum absolute atomic E-state index is 6.50. The molecule has 0 unspecified atom stereocenters. The normalized spacial score (nSPS) is 24.9. The van der Waals surface area contributed by atoms with E-state index in [2.05, 4.69) is 53.5 Å². The van der Waals surface area contributed by atoms with Crippen LogP contribution in [0, 0.1) is 0 Å². The van der Waals surface area contributed by atoms with Gasteiger partial charge in [0.05, 0.1) is 29.8 Å². The summed E-state index contributed by atoms with van der Waals surface area (Å²) >= 11 is 6.50. The van der Waals surface area contributed by atoms with E-state index in [1.54, 1.807) is 0 Å². The van der Waals surface area contributed by atoms with Crippen molar-refractivity contribution in [3.05, 3.63) is 41.6 Å². The van der Waals surface area contributed by atoms with Crippen molar-refractivity contribution in [3.63, 3.8) is 0 Å². The number of rotatable bonds is 4. The number of imidazole rings is 1. The molecule has 0 spiro atoms. The molecule has 6 nitrogen and oxygen atoms in total. The molecule has 4 heterocycles. The molecule has 2 fully saturated rings. The van der Waals surface area contributed by atoms with Gasteiger partial charge in [0.2, 0.25) is 0 Å². The van der Waals surface area contributed by atoms with Crippen molar-refractivity contribution in [2.75, 3.05) is 31.6 Å². The van der Waals surface area contributed by atoms with Gasteiger partial charge in [-0.05, 0) is 58.0 Å². The van der Waals surface area contributed by atoms with Gasteiger partial charge in [-0.2, -0.15) is 0 Å². The number of likely N-dealkylation sites (N-methyl/N-ethyl adjacent to an activating group) is 1. The minimum absolute atomic E-state index is 0.118. The first-order valence-corrected chi connectivity index (χ1v) is 11.6. The minimum Gasteiger partial charge on any atom is -0.374 e. The van der Waals surface area contributed by atoms with Crippen LogP contribution in [-0.2, 0) is 11.3 Å². The first-order valence-electron chi connectivity index (χ1n) is 11.2. The molecular formula is C24H30ClN5O. The number of nitrogens with zero attached hydrogens (tertiary/aromatic N) is 5. The van der Waals surface area contributed by atoms with E-state index in [4.69, 9.17) is 26.3 Å². The molecule has 2 aliphatic rings. The first-order chi connectivity index (χ1) is 15.0. The van der Waals surface area contributed by atoms with Crippen LogP contribution >= 0.6 is 11.6 Å². The molecule has 0 radical (unpaired) electrons. The van der Waals surface area contributed by atoms with Gasteiger partial charge in [0.25, 0.3) is 0 Å². The molecule has 31 heavy (non-hydrogen) atoms. The topological polar surface area (TPSA) is 46.4 Å². The summed E-state index contributed by atoms with van der Waals surface area (Å²) in [4.78, 5) is 14.5. The van der Waals surface area contributed by atoms with Crippen molar-refractivity contribution in [1.29, 1.82) is 0 Å². The Morgan fingerprint density at radius 3 is 2.65 bits per heavy atom. The summed E-state index contributed by atoms with van der Waals surface area (Å²) in [5.74, 6) is 1.93. The lowest BCUT2D eigenvalue weighted by molar-refractivity contribution is -0.0267. The fraction of sp³-hybridized carbons (Fsp3) is 0.500. The van der Waals surface area contributed by atoms with E-state index in [0.717, 1.165) is 54.5 Å². The zero-order valence-corrected chi connectivity index (χ0v) is 19.2. The van der Waals surface area contributed by atoms with E-state index in [0.29, 0.717) is 17.1 Å². The van der Waals surface area contributed by atoms with Gasteiger partial charge in [0.15, 0.2) is 0 Å². The quantitative estimate of drug-likeness (QED) is 0.600. The highest BCUT2D eigenvalue weighted by atomic mass is 35.5. The molecule has 3 aromatic rings. The van der Waals surface area contributed by atoms with Gasteiger partial charge in [-0.15, -0.1) is 0 Å². The van der Waals surface area contributed by atoms with Crippen LogP contribution in [0.3, 0.4) is 0 Å². The molecule has 164 valence electrons. The molecule has 0 saturated carbocycles. The van der Waals surface area contributed by atoms with Crippen molar-refractivity contribution in [2.24, 2.45) is 0 Å². The molecule has 2 aliphatic heterocycles. The molecule has 0 bridgehead atoms. The average molecular weight is 440 g/mol. The second kappa shape index (κ2) is 8.41. The van der Waals surface area contributed by atoms with Crippen LogP contribution in [-0.4, -0.2) is 64.4 Å². The van der Waals surface area contributed by atoms with Crippen LogP contribution in [0.5, 0.6) is 0 Å². The second-order valence-corrected chi connectivity index (χ2v) is 9.40. The third-order valence-electron chi connectivity index (χ3n) is 6.68. The molecule has 3 atom stereocenters. The van der Waals surface area contributed by atoms with Gasteiger partial charge in [0, 0.05) is 36.9 Å². The van der Waals surface area contributed by atoms with Crippen LogP contribution in [0.15, 0.2) is 36.5 Å². The zero-order chi connectivity index (χ0) is 21.5. The fourth-order valence-electron chi connectivity index (χ4n) is 5.02. The van der Waals surface area contributed by atoms with Crippen LogP contribution in [0.25, 0.3) is 22.4 Å². The number of morpholine rings is 1. The van der Waals surface area contributed by atoms with E-state index in [1.807, 2.05) is 18.3 Å². The average Bonchev–Trinajstić information content (AvgIpc) is 3.29. The SMILES string of the molecule is C[C@H]1CC[C@H](C)N1c1ccc(-c2nc3c(Cl)cccc3n2C[C@@H]2CN(C)CCO2)cn1. The standard InChI is InChI=1S/C24H30ClN5O/c1-16-7-8-17(2)30(16)22-10-9-18(13-26-22)24-27-23-20(25)5-4-6-21(23)29(24)15-19-14-28(3)11-12-31-19/h4-6,9-10,13,16-17,19H,7-8,11-12,14-15H2,1-3H3/t16-,17-,19-/m0/s1. The molecule has 0 N–H and O–H groups in total. The summed E-state index contributed by atoms with van der Waals surface area (Å²) in [6.07, 6.45) is 4.50. The van der Waals surface area contributed by atoms with Crippen molar-refractivity contribution in [1.82, 2.24) is 19.4 Å². The Hall–Kier alpha value is -2.15. The minimum atomic E-state index is 0.118. The van der Waals surface area contributed by atoms with Crippen LogP contribution in [0.2, 0.25) is 5.02 Å². The van der Waals surface area contributed by atoms with E-state index < -0.39 is 0 Å². The third-order valence-corrected chi connectivity index (χ3v) is 6.99. The Bertz CT molecular complexity index is 1060. The lowest BCUT2D eigenvalue weighted by Crippen LogP contribution is -2.42. The molecule has 7 heteroatoms. The summed E-state index contributed by atoms with van der Waals surface area (Å²) < 4.78 is 8.30. The van der Waals surface area contributed by atoms with E-state index >= 15 is 0 Å². The first kappa shape index (κ1) is 20.7. The van der Waals surface area contributed by atoms with Crippen LogP contribution in [0.1, 0.15) is 26.7 Å². The number of anilines is 1. The molecule has 5 rings (SSSR count). The summed E-state index contributed by atoms with van der Waals surface area (Å²) in [5, 5.41) is 0.670. The van der Waals surface area contributed by atoms with Gasteiger partial charge in [-0.25, -0.2) is 9.97 Å². The Balaban J connectivity index is 1.52. The van der Waals surface area contributed by atoms with Crippen molar-refractivity contribution >= 4 is 28.5 Å². The lowest BCUT2D eigenvalue weighted by atomic mass is 10.2. The maximum Gasteiger partial charge on any atom is 0.142 e. The second-order valence-electron chi connectivity index (χ2n) is 9.00. The third kappa shape index (κ3) is 3.93. The number of pyridine rings is 1. The highest BCUT2D eigenvalue weighted by Crippen LogP contribution is 2.32. The molecule has 1 aromatic carbocycles. The van der Waals surface area contributed by atoms with Gasteiger partial charge in [0.1, 0.15) is 17.2 Å². The van der Waals surface area contributed by atoms with Gasteiger partial charge in [-0.3, -0.25) is 0 Å². The van der Waals surface area contributed by atoms with Crippen LogP contribution < -0.4 is 4.90 Å². The van der Waals surface area contributed by atoms with Crippen molar-refractivity contribution in [3.8, 4) is 11.4 Å². The van der Waals surface area contributed by atoms with Crippen molar-refractivity contribution in [2.45, 2.75) is 51.4 Å². The number of benzene rings is 1. The van der Waals surface area contributed by atoms with Gasteiger partial charge < -0.3 is 19.1 Å². The lowest BCUT2D eigenvalue weighted by Gasteiger charge is -2.30. The van der Waals surface area contributed by atoms with Gasteiger partial charge in [-0.1, -0.05) is 17.7 Å². The van der Waals surface area contributed by atoms with Crippen LogP contribution in [0.4, 0.5) is 5.82 Å². The fourth-order valence-corrected chi connectivity index (χ4v) is 5.23. The molecule has 0 aliphatic carbocycles. The number of fused-ring (bicyclic) bond motifs is 1. The molecule has 0 amide bonds. The summed E-state index contributed by atoms with van der Waals surface area (Å²) in [6, 6.07) is 11.3. The monoisotopic (exact) mass is 439 g/mol. The molecule has 2 saturated heterocycles. The van der Waals surface area contributed by atoms with E-state index in [-0.39, 0.29) is 6.10 Å². The number of hydrogen-bond acceptors (Lipinski definition) is 5. The molecular weight excluding hydrogens is 410 g/mol. The maximum atomic E-state index is 6.50. The van der Waals surface area contributed by atoms with E-state index in [1.165, 1.54) is 12.8 Å². The Labute approximate surface area is 188 Å². The highest BCUT2D eigenvalue weighted by Gasteiger charge is 2.28. The Morgan fingerprint density at radius 2 is 1.94 bits per heavy atom. The molecule has 2 aromatic heterocycles. The van der Waals surface area contributed by atoms with Crippen molar-refractivity contribution < 1.29 is 4.74 Å². The summed E-state index contributed by atoms with van der Waals surface area (Å²) in [5.41, 5.74) is 2.86.